The predicted molar refractivity (Wildman–Crippen MR) is 104 cm³/mol. The smallest absolute Gasteiger partial charge is 0.271 e. The zero-order chi connectivity index (χ0) is 19.4. The highest BCUT2D eigenvalue weighted by molar-refractivity contribution is 5.92. The van der Waals surface area contributed by atoms with Gasteiger partial charge in [-0.25, -0.2) is 4.39 Å². The molecular formula is C21H29FN4O. The van der Waals surface area contributed by atoms with E-state index in [-0.39, 0.29) is 11.7 Å². The zero-order valence-corrected chi connectivity index (χ0v) is 16.5. The fourth-order valence-electron chi connectivity index (χ4n) is 3.85. The van der Waals surface area contributed by atoms with Crippen LogP contribution in [-0.2, 0) is 13.5 Å². The van der Waals surface area contributed by atoms with Gasteiger partial charge in [0.2, 0.25) is 0 Å². The van der Waals surface area contributed by atoms with E-state index in [9.17, 15) is 9.18 Å². The number of aromatic nitrogens is 2. The summed E-state index contributed by atoms with van der Waals surface area (Å²) in [4.78, 5) is 16.8. The molecule has 1 aromatic carbocycles. The number of nitrogens with zero attached hydrogens (tertiary/aromatic N) is 4. The lowest BCUT2D eigenvalue weighted by atomic mass is 9.96. The number of likely N-dealkylation sites (tertiary alicyclic amines) is 1. The summed E-state index contributed by atoms with van der Waals surface area (Å²) >= 11 is 0. The second kappa shape index (κ2) is 8.65. The Bertz CT molecular complexity index is 780. The first-order valence-electron chi connectivity index (χ1n) is 9.66. The van der Waals surface area contributed by atoms with E-state index in [1.165, 1.54) is 6.07 Å². The molecule has 0 N–H and O–H groups in total. The summed E-state index contributed by atoms with van der Waals surface area (Å²) in [5.74, 6) is 0.427. The highest BCUT2D eigenvalue weighted by Crippen LogP contribution is 2.20. The molecule has 1 amide bonds. The molecule has 0 saturated carbocycles. The number of piperidine rings is 1. The monoisotopic (exact) mass is 372 g/mol. The number of hydrogen-bond donors (Lipinski definition) is 0. The normalized spacial score (nSPS) is 15.9. The molecule has 27 heavy (non-hydrogen) atoms. The Kier molecular flexibility index (Phi) is 6.26. The van der Waals surface area contributed by atoms with E-state index in [0.717, 1.165) is 56.7 Å². The van der Waals surface area contributed by atoms with Gasteiger partial charge in [-0.05, 0) is 62.9 Å². The first-order valence-corrected chi connectivity index (χ1v) is 9.66. The number of hydrogen-bond acceptors (Lipinski definition) is 3. The summed E-state index contributed by atoms with van der Waals surface area (Å²) in [6, 6.07) is 8.85. The average molecular weight is 372 g/mol. The molecule has 0 spiro atoms. The first kappa shape index (κ1) is 19.5. The van der Waals surface area contributed by atoms with Gasteiger partial charge in [0.05, 0.1) is 5.69 Å². The maximum atomic E-state index is 13.7. The van der Waals surface area contributed by atoms with E-state index in [4.69, 9.17) is 0 Å². The third-order valence-electron chi connectivity index (χ3n) is 5.46. The molecule has 1 aliphatic rings. The van der Waals surface area contributed by atoms with Gasteiger partial charge in [-0.1, -0.05) is 18.2 Å². The fraction of sp³-hybridized carbons (Fsp3) is 0.524. The summed E-state index contributed by atoms with van der Waals surface area (Å²) in [6.07, 6.45) is 2.88. The van der Waals surface area contributed by atoms with Crippen molar-refractivity contribution < 1.29 is 9.18 Å². The Morgan fingerprint density at radius 2 is 2.00 bits per heavy atom. The van der Waals surface area contributed by atoms with Gasteiger partial charge in [0.15, 0.2) is 0 Å². The van der Waals surface area contributed by atoms with E-state index < -0.39 is 0 Å². The number of carbonyl (C=O) groups excluding carboxylic acids is 1. The van der Waals surface area contributed by atoms with Gasteiger partial charge in [0.1, 0.15) is 11.5 Å². The predicted octanol–water partition coefficient (Wildman–Crippen LogP) is 2.89. The van der Waals surface area contributed by atoms with Gasteiger partial charge in [-0.2, -0.15) is 5.10 Å². The molecule has 5 nitrogen and oxygen atoms in total. The number of aryl methyl sites for hydroxylation is 2. The first-order chi connectivity index (χ1) is 12.9. The van der Waals surface area contributed by atoms with Crippen LogP contribution >= 0.6 is 0 Å². The van der Waals surface area contributed by atoms with Crippen LogP contribution in [0.3, 0.4) is 0 Å². The highest BCUT2D eigenvalue weighted by atomic mass is 19.1. The summed E-state index contributed by atoms with van der Waals surface area (Å²) in [6.45, 7) is 5.56. The molecular weight excluding hydrogens is 343 g/mol. The van der Waals surface area contributed by atoms with Crippen LogP contribution in [0.4, 0.5) is 4.39 Å². The van der Waals surface area contributed by atoms with Crippen molar-refractivity contribution in [3.05, 3.63) is 53.1 Å². The second-order valence-corrected chi connectivity index (χ2v) is 7.61. The molecule has 6 heteroatoms. The van der Waals surface area contributed by atoms with Crippen LogP contribution in [0.5, 0.6) is 0 Å². The summed E-state index contributed by atoms with van der Waals surface area (Å²) < 4.78 is 15.4. The van der Waals surface area contributed by atoms with Gasteiger partial charge in [-0.15, -0.1) is 0 Å². The van der Waals surface area contributed by atoms with Crippen molar-refractivity contribution in [2.75, 3.05) is 33.2 Å². The van der Waals surface area contributed by atoms with Gasteiger partial charge >= 0.3 is 0 Å². The molecule has 3 rings (SSSR count). The van der Waals surface area contributed by atoms with Crippen LogP contribution in [-0.4, -0.2) is 58.7 Å². The molecule has 0 bridgehead atoms. The van der Waals surface area contributed by atoms with Crippen LogP contribution in [0.2, 0.25) is 0 Å². The third-order valence-corrected chi connectivity index (χ3v) is 5.46. The topological polar surface area (TPSA) is 41.4 Å². The van der Waals surface area contributed by atoms with Crippen LogP contribution in [0, 0.1) is 18.7 Å². The Hall–Kier alpha value is -2.21. The van der Waals surface area contributed by atoms with E-state index in [1.807, 2.05) is 44.1 Å². The molecule has 0 unspecified atom stereocenters. The van der Waals surface area contributed by atoms with Crippen molar-refractivity contribution in [3.63, 3.8) is 0 Å². The Balaban J connectivity index is 1.44. The highest BCUT2D eigenvalue weighted by Gasteiger charge is 2.24. The van der Waals surface area contributed by atoms with E-state index in [0.29, 0.717) is 11.6 Å². The van der Waals surface area contributed by atoms with Crippen molar-refractivity contribution in [2.45, 2.75) is 26.2 Å². The number of rotatable bonds is 6. The number of amides is 1. The number of carbonyl (C=O) groups is 1. The van der Waals surface area contributed by atoms with Gasteiger partial charge < -0.3 is 9.80 Å². The zero-order valence-electron chi connectivity index (χ0n) is 16.5. The number of benzene rings is 1. The molecule has 2 aromatic rings. The lowest BCUT2D eigenvalue weighted by Gasteiger charge is -2.34. The number of halogens is 1. The van der Waals surface area contributed by atoms with Crippen LogP contribution < -0.4 is 0 Å². The van der Waals surface area contributed by atoms with Crippen LogP contribution in [0.1, 0.15) is 34.6 Å². The SMILES string of the molecule is Cc1cc(C(=O)N(C)CC2CCN(CCc3ccccc3F)CC2)n(C)n1. The Morgan fingerprint density at radius 1 is 1.30 bits per heavy atom. The standard InChI is InChI=1S/C21H29FN4O/c1-16-14-20(25(3)23-16)21(27)24(2)15-17-8-11-26(12-9-17)13-10-18-6-4-5-7-19(18)22/h4-7,14,17H,8-13,15H2,1-3H3. The minimum atomic E-state index is -0.113. The molecule has 0 atom stereocenters. The van der Waals surface area contributed by atoms with Crippen molar-refractivity contribution in [1.29, 1.82) is 0 Å². The average Bonchev–Trinajstić information content (AvgIpc) is 2.99. The Morgan fingerprint density at radius 3 is 2.63 bits per heavy atom. The Labute approximate surface area is 160 Å². The molecule has 2 heterocycles. The minimum Gasteiger partial charge on any atom is -0.340 e. The van der Waals surface area contributed by atoms with E-state index >= 15 is 0 Å². The second-order valence-electron chi connectivity index (χ2n) is 7.61. The quantitative estimate of drug-likeness (QED) is 0.783. The summed E-state index contributed by atoms with van der Waals surface area (Å²) in [7, 11) is 3.68. The van der Waals surface area contributed by atoms with Gasteiger partial charge in [0.25, 0.3) is 5.91 Å². The molecule has 1 aromatic heterocycles. The molecule has 146 valence electrons. The molecule has 1 fully saturated rings. The van der Waals surface area contributed by atoms with Gasteiger partial charge in [0, 0.05) is 27.2 Å². The van der Waals surface area contributed by atoms with Crippen molar-refractivity contribution in [2.24, 2.45) is 13.0 Å². The fourth-order valence-corrected chi connectivity index (χ4v) is 3.85. The van der Waals surface area contributed by atoms with Gasteiger partial charge in [-0.3, -0.25) is 9.48 Å². The molecule has 1 aliphatic heterocycles. The largest absolute Gasteiger partial charge is 0.340 e. The molecule has 0 aliphatic carbocycles. The lowest BCUT2D eigenvalue weighted by molar-refractivity contribution is 0.0729. The van der Waals surface area contributed by atoms with Crippen LogP contribution in [0.15, 0.2) is 30.3 Å². The maximum Gasteiger partial charge on any atom is 0.271 e. The van der Waals surface area contributed by atoms with Crippen LogP contribution in [0.25, 0.3) is 0 Å². The maximum absolute atomic E-state index is 13.7. The van der Waals surface area contributed by atoms with Crippen molar-refractivity contribution >= 4 is 5.91 Å². The van der Waals surface area contributed by atoms with Crippen molar-refractivity contribution in [1.82, 2.24) is 19.6 Å². The lowest BCUT2D eigenvalue weighted by Crippen LogP contribution is -2.40. The van der Waals surface area contributed by atoms with Crippen molar-refractivity contribution in [3.8, 4) is 0 Å². The summed E-state index contributed by atoms with van der Waals surface area (Å²) in [5, 5.41) is 4.26. The third kappa shape index (κ3) is 4.95. The molecule has 1 saturated heterocycles. The minimum absolute atomic E-state index is 0.0279. The van der Waals surface area contributed by atoms with E-state index in [1.54, 1.807) is 10.7 Å². The molecule has 0 radical (unpaired) electrons. The summed E-state index contributed by atoms with van der Waals surface area (Å²) in [5.41, 5.74) is 2.28. The van der Waals surface area contributed by atoms with E-state index in [2.05, 4.69) is 10.00 Å².